The third-order valence-electron chi connectivity index (χ3n) is 3.87. The van der Waals surface area contributed by atoms with Gasteiger partial charge in [0.25, 0.3) is 5.22 Å². The van der Waals surface area contributed by atoms with Gasteiger partial charge in [0.05, 0.1) is 5.75 Å². The maximum absolute atomic E-state index is 11.7. The second kappa shape index (κ2) is 7.13. The second-order valence-electron chi connectivity index (χ2n) is 5.83. The first kappa shape index (κ1) is 15.3. The van der Waals surface area contributed by atoms with Crippen LogP contribution in [-0.2, 0) is 4.79 Å². The van der Waals surface area contributed by atoms with E-state index in [1.807, 2.05) is 0 Å². The Labute approximate surface area is 133 Å². The Bertz CT molecular complexity index is 538. The van der Waals surface area contributed by atoms with Crippen LogP contribution in [0.3, 0.4) is 0 Å². The molecule has 0 aliphatic heterocycles. The van der Waals surface area contributed by atoms with E-state index >= 15 is 0 Å². The van der Waals surface area contributed by atoms with Crippen molar-refractivity contribution in [2.45, 2.75) is 62.1 Å². The lowest BCUT2D eigenvalue weighted by atomic mass is 9.89. The van der Waals surface area contributed by atoms with Crippen LogP contribution in [0, 0.1) is 0 Å². The Kier molecular flexibility index (Phi) is 4.97. The molecule has 8 heteroatoms. The molecule has 1 aromatic heterocycles. The number of aromatic nitrogens is 2. The number of nitrogens with zero attached hydrogens (tertiary/aromatic N) is 2. The van der Waals surface area contributed by atoms with E-state index in [9.17, 15) is 9.59 Å². The molecule has 2 aliphatic carbocycles. The Balaban J connectivity index is 1.41. The molecule has 0 aromatic carbocycles. The molecule has 0 atom stereocenters. The molecule has 3 rings (SSSR count). The maximum atomic E-state index is 11.7. The molecule has 0 radical (unpaired) electrons. The molecule has 1 aromatic rings. The van der Waals surface area contributed by atoms with Gasteiger partial charge < -0.3 is 9.73 Å². The van der Waals surface area contributed by atoms with Gasteiger partial charge in [-0.05, 0) is 25.7 Å². The Morgan fingerprint density at radius 1 is 1.14 bits per heavy atom. The summed E-state index contributed by atoms with van der Waals surface area (Å²) < 4.78 is 5.61. The summed E-state index contributed by atoms with van der Waals surface area (Å²) in [4.78, 5) is 23.1. The van der Waals surface area contributed by atoms with E-state index in [0.29, 0.717) is 17.0 Å². The standard InChI is InChI=1S/C14H20N4O3S/c19-11(16-13(20)15-10-6-7-10)8-22-14-18-17-12(21-14)9-4-2-1-3-5-9/h9-10H,1-8H2,(H2,15,16,19,20). The van der Waals surface area contributed by atoms with Crippen LogP contribution in [0.4, 0.5) is 4.79 Å². The van der Waals surface area contributed by atoms with Gasteiger partial charge in [0.2, 0.25) is 11.8 Å². The first-order valence-electron chi connectivity index (χ1n) is 7.77. The third-order valence-corrected chi connectivity index (χ3v) is 4.69. The summed E-state index contributed by atoms with van der Waals surface area (Å²) >= 11 is 1.16. The number of nitrogens with one attached hydrogen (secondary N) is 2. The first-order valence-corrected chi connectivity index (χ1v) is 8.76. The van der Waals surface area contributed by atoms with E-state index in [1.165, 1.54) is 19.3 Å². The maximum Gasteiger partial charge on any atom is 0.321 e. The van der Waals surface area contributed by atoms with Crippen LogP contribution < -0.4 is 10.6 Å². The number of carbonyl (C=O) groups excluding carboxylic acids is 2. The number of imide groups is 1. The van der Waals surface area contributed by atoms with Crippen LogP contribution in [0.5, 0.6) is 0 Å². The van der Waals surface area contributed by atoms with Crippen LogP contribution in [-0.4, -0.2) is 33.9 Å². The minimum atomic E-state index is -0.429. The quantitative estimate of drug-likeness (QED) is 0.806. The average molecular weight is 324 g/mol. The summed E-state index contributed by atoms with van der Waals surface area (Å²) in [6, 6.07) is -0.198. The molecule has 2 fully saturated rings. The number of thioether (sulfide) groups is 1. The van der Waals surface area contributed by atoms with Gasteiger partial charge in [0.1, 0.15) is 0 Å². The molecular weight excluding hydrogens is 304 g/mol. The summed E-state index contributed by atoms with van der Waals surface area (Å²) in [7, 11) is 0. The van der Waals surface area contributed by atoms with Gasteiger partial charge in [0, 0.05) is 12.0 Å². The molecule has 120 valence electrons. The highest BCUT2D eigenvalue weighted by Gasteiger charge is 2.24. The van der Waals surface area contributed by atoms with Gasteiger partial charge in [0.15, 0.2) is 0 Å². The summed E-state index contributed by atoms with van der Waals surface area (Å²) in [5, 5.41) is 13.4. The zero-order valence-corrected chi connectivity index (χ0v) is 13.2. The van der Waals surface area contributed by atoms with E-state index in [1.54, 1.807) is 0 Å². The van der Waals surface area contributed by atoms with E-state index in [2.05, 4.69) is 20.8 Å². The van der Waals surface area contributed by atoms with Crippen molar-refractivity contribution < 1.29 is 14.0 Å². The van der Waals surface area contributed by atoms with Gasteiger partial charge in [-0.3, -0.25) is 10.1 Å². The normalized spacial score (nSPS) is 18.9. The van der Waals surface area contributed by atoms with Crippen molar-refractivity contribution in [3.8, 4) is 0 Å². The summed E-state index contributed by atoms with van der Waals surface area (Å²) in [6.07, 6.45) is 7.84. The highest BCUT2D eigenvalue weighted by Crippen LogP contribution is 2.32. The number of rotatable bonds is 5. The number of urea groups is 1. The molecule has 22 heavy (non-hydrogen) atoms. The van der Waals surface area contributed by atoms with Crippen molar-refractivity contribution in [1.29, 1.82) is 0 Å². The van der Waals surface area contributed by atoms with Gasteiger partial charge in [-0.25, -0.2) is 4.79 Å². The van der Waals surface area contributed by atoms with Crippen LogP contribution in [0.1, 0.15) is 56.8 Å². The molecule has 0 bridgehead atoms. The Morgan fingerprint density at radius 2 is 1.91 bits per heavy atom. The van der Waals surface area contributed by atoms with Crippen molar-refractivity contribution in [2.24, 2.45) is 0 Å². The largest absolute Gasteiger partial charge is 0.416 e. The molecule has 2 saturated carbocycles. The van der Waals surface area contributed by atoms with Crippen molar-refractivity contribution in [2.75, 3.05) is 5.75 Å². The summed E-state index contributed by atoms with van der Waals surface area (Å²) in [5.74, 6) is 0.757. The van der Waals surface area contributed by atoms with E-state index in [0.717, 1.165) is 37.4 Å². The molecule has 7 nitrogen and oxygen atoms in total. The predicted molar refractivity (Wildman–Crippen MR) is 80.5 cm³/mol. The number of carbonyl (C=O) groups is 2. The van der Waals surface area contributed by atoms with Gasteiger partial charge in [-0.2, -0.15) is 0 Å². The number of hydrogen-bond donors (Lipinski definition) is 2. The van der Waals surface area contributed by atoms with Crippen LogP contribution in [0.25, 0.3) is 0 Å². The zero-order valence-electron chi connectivity index (χ0n) is 12.3. The molecular formula is C14H20N4O3S. The fourth-order valence-electron chi connectivity index (χ4n) is 2.53. The van der Waals surface area contributed by atoms with E-state index in [4.69, 9.17) is 4.42 Å². The topological polar surface area (TPSA) is 97.1 Å². The fraction of sp³-hybridized carbons (Fsp3) is 0.714. The third kappa shape index (κ3) is 4.46. The second-order valence-corrected chi connectivity index (χ2v) is 6.75. The molecule has 2 N–H and O–H groups in total. The number of amides is 3. The van der Waals surface area contributed by atoms with E-state index < -0.39 is 6.03 Å². The Hall–Kier alpha value is -1.57. The van der Waals surface area contributed by atoms with Gasteiger partial charge in [-0.15, -0.1) is 10.2 Å². The van der Waals surface area contributed by atoms with Gasteiger partial charge >= 0.3 is 6.03 Å². The Morgan fingerprint density at radius 3 is 2.64 bits per heavy atom. The minimum absolute atomic E-state index is 0.0877. The monoisotopic (exact) mass is 324 g/mol. The SMILES string of the molecule is O=C(CSc1nnc(C2CCCCC2)o1)NC(=O)NC1CC1. The van der Waals surface area contributed by atoms with Crippen LogP contribution in [0.2, 0.25) is 0 Å². The molecule has 0 saturated heterocycles. The first-order chi connectivity index (χ1) is 10.7. The average Bonchev–Trinajstić information content (AvgIpc) is 3.19. The fourth-order valence-corrected chi connectivity index (χ4v) is 3.10. The highest BCUT2D eigenvalue weighted by molar-refractivity contribution is 7.99. The lowest BCUT2D eigenvalue weighted by Crippen LogP contribution is -2.41. The van der Waals surface area contributed by atoms with Crippen molar-refractivity contribution >= 4 is 23.7 Å². The predicted octanol–water partition coefficient (Wildman–Crippen LogP) is 2.20. The molecule has 1 heterocycles. The lowest BCUT2D eigenvalue weighted by molar-refractivity contribution is -0.117. The molecule has 2 aliphatic rings. The van der Waals surface area contributed by atoms with E-state index in [-0.39, 0.29) is 17.7 Å². The molecule has 0 spiro atoms. The van der Waals surface area contributed by atoms with Crippen molar-refractivity contribution in [3.05, 3.63) is 5.89 Å². The summed E-state index contributed by atoms with van der Waals surface area (Å²) in [5.41, 5.74) is 0. The smallest absolute Gasteiger partial charge is 0.321 e. The van der Waals surface area contributed by atoms with Crippen molar-refractivity contribution in [3.63, 3.8) is 0 Å². The molecule has 3 amide bonds. The highest BCUT2D eigenvalue weighted by atomic mass is 32.2. The molecule has 0 unspecified atom stereocenters. The van der Waals surface area contributed by atoms with Gasteiger partial charge in [-0.1, -0.05) is 31.0 Å². The minimum Gasteiger partial charge on any atom is -0.416 e. The van der Waals surface area contributed by atoms with Crippen LogP contribution in [0.15, 0.2) is 9.64 Å². The van der Waals surface area contributed by atoms with Crippen molar-refractivity contribution in [1.82, 2.24) is 20.8 Å². The number of hydrogen-bond acceptors (Lipinski definition) is 6. The lowest BCUT2D eigenvalue weighted by Gasteiger charge is -2.17. The summed E-state index contributed by atoms with van der Waals surface area (Å²) in [6.45, 7) is 0. The zero-order chi connectivity index (χ0) is 15.4. The van der Waals surface area contributed by atoms with Crippen LogP contribution >= 0.6 is 11.8 Å².